The molecule has 10 nitrogen and oxygen atoms in total. The minimum atomic E-state index is -4.67. The van der Waals surface area contributed by atoms with E-state index >= 15 is 0 Å². The largest absolute Gasteiger partial charge is 1.00 e. The molecule has 0 heterocycles. The maximum Gasteiger partial charge on any atom is 1.00 e. The molecule has 0 fully saturated rings. The maximum atomic E-state index is 8.74. The van der Waals surface area contributed by atoms with Crippen molar-refractivity contribution in [3.8, 4) is 0 Å². The Bertz CT molecular complexity index is 103. The quantitative estimate of drug-likeness (QED) is 0.325. The van der Waals surface area contributed by atoms with Gasteiger partial charge in [-0.25, -0.2) is 0 Å². The fourth-order valence-corrected chi connectivity index (χ4v) is 0. The SMILES string of the molecule is O.O.O.O.O.O.O=S(=O)(O)O.[H-].[K+].[Ni]. The molecule has 92 valence electrons. The third kappa shape index (κ3) is 614. The van der Waals surface area contributed by atoms with Gasteiger partial charge in [0.05, 0.1) is 0 Å². The van der Waals surface area contributed by atoms with Gasteiger partial charge in [0, 0.05) is 16.5 Å². The maximum absolute atomic E-state index is 8.74. The van der Waals surface area contributed by atoms with Crippen LogP contribution in [0.15, 0.2) is 0 Å². The molecule has 0 saturated carbocycles. The zero-order chi connectivity index (χ0) is 4.50. The van der Waals surface area contributed by atoms with Crippen molar-refractivity contribution in [1.29, 1.82) is 0 Å². The van der Waals surface area contributed by atoms with Crippen molar-refractivity contribution in [3.05, 3.63) is 0 Å². The summed E-state index contributed by atoms with van der Waals surface area (Å²) in [6.07, 6.45) is 0. The molecule has 0 aliphatic rings. The van der Waals surface area contributed by atoms with E-state index in [4.69, 9.17) is 17.5 Å². The van der Waals surface area contributed by atoms with Crippen LogP contribution in [0.5, 0.6) is 0 Å². The Labute approximate surface area is 128 Å². The second kappa shape index (κ2) is 37.2. The summed E-state index contributed by atoms with van der Waals surface area (Å²) in [5.74, 6) is 0. The summed E-state index contributed by atoms with van der Waals surface area (Å²) >= 11 is 0. The second-order valence-electron chi connectivity index (χ2n) is 0.448. The first-order chi connectivity index (χ1) is 2.00. The molecule has 0 aromatic carbocycles. The monoisotopic (exact) mass is 304 g/mol. The van der Waals surface area contributed by atoms with Crippen LogP contribution in [0, 0.1) is 0 Å². The first kappa shape index (κ1) is 84.2. The molecule has 0 saturated heterocycles. The Hall–Kier alpha value is 1.76. The Kier molecular flexibility index (Phi) is 241. The van der Waals surface area contributed by atoms with E-state index in [1.807, 2.05) is 0 Å². The van der Waals surface area contributed by atoms with Crippen LogP contribution in [0.1, 0.15) is 1.43 Å². The van der Waals surface area contributed by atoms with Crippen LogP contribution in [0.3, 0.4) is 0 Å². The van der Waals surface area contributed by atoms with Gasteiger partial charge in [0.2, 0.25) is 0 Å². The van der Waals surface area contributed by atoms with Crippen molar-refractivity contribution in [2.45, 2.75) is 0 Å². The van der Waals surface area contributed by atoms with Crippen molar-refractivity contribution in [3.63, 3.8) is 0 Å². The molecular formula is H15KNiO10S. The van der Waals surface area contributed by atoms with Crippen LogP contribution in [0.4, 0.5) is 0 Å². The number of rotatable bonds is 0. The van der Waals surface area contributed by atoms with Gasteiger partial charge in [-0.05, 0) is 0 Å². The molecule has 13 heavy (non-hydrogen) atoms. The van der Waals surface area contributed by atoms with Gasteiger partial charge in [-0.3, -0.25) is 9.11 Å². The predicted octanol–water partition coefficient (Wildman–Crippen LogP) is -8.49. The molecule has 0 bridgehead atoms. The minimum absolute atomic E-state index is 0. The van der Waals surface area contributed by atoms with E-state index in [0.717, 1.165) is 0 Å². The molecule has 14 N–H and O–H groups in total. The van der Waals surface area contributed by atoms with Gasteiger partial charge in [0.15, 0.2) is 0 Å². The fraction of sp³-hybridized carbons (Fsp3) is 0. The van der Waals surface area contributed by atoms with Crippen molar-refractivity contribution in [1.82, 2.24) is 0 Å². The van der Waals surface area contributed by atoms with Crippen LogP contribution in [0.2, 0.25) is 0 Å². The average molecular weight is 305 g/mol. The Morgan fingerprint density at radius 1 is 0.769 bits per heavy atom. The average Bonchev–Trinajstić information content (AvgIpc) is 0.722. The van der Waals surface area contributed by atoms with E-state index < -0.39 is 10.4 Å². The van der Waals surface area contributed by atoms with E-state index in [2.05, 4.69) is 0 Å². The molecule has 0 atom stereocenters. The molecule has 0 amide bonds. The molecule has 0 unspecified atom stereocenters. The zero-order valence-electron chi connectivity index (χ0n) is 7.44. The van der Waals surface area contributed by atoms with Crippen LogP contribution in [-0.4, -0.2) is 50.4 Å². The predicted molar refractivity (Wildman–Crippen MR) is 37.0 cm³/mol. The summed E-state index contributed by atoms with van der Waals surface area (Å²) in [4.78, 5) is 0. The molecule has 0 aromatic rings. The van der Waals surface area contributed by atoms with E-state index in [1.165, 1.54) is 0 Å². The summed E-state index contributed by atoms with van der Waals surface area (Å²) in [5.41, 5.74) is 0. The van der Waals surface area contributed by atoms with Gasteiger partial charge in [-0.2, -0.15) is 8.42 Å². The van der Waals surface area contributed by atoms with Gasteiger partial charge in [0.25, 0.3) is 0 Å². The van der Waals surface area contributed by atoms with Gasteiger partial charge in [-0.15, -0.1) is 0 Å². The summed E-state index contributed by atoms with van der Waals surface area (Å²) in [6.45, 7) is 0. The standard InChI is InChI=1S/K.Ni.H2O4S.6H2O.H/c;;1-5(2,3)4;;;;;;;/h;;(H2,1,2,3,4);6*1H2;/q+1;;;;;;;;;-1. The van der Waals surface area contributed by atoms with Gasteiger partial charge < -0.3 is 34.3 Å². The Morgan fingerprint density at radius 2 is 0.769 bits per heavy atom. The van der Waals surface area contributed by atoms with Gasteiger partial charge in [0.1, 0.15) is 0 Å². The van der Waals surface area contributed by atoms with Crippen molar-refractivity contribution < 1.29 is 120 Å². The smallest absolute Gasteiger partial charge is 1.00 e. The van der Waals surface area contributed by atoms with Gasteiger partial charge >= 0.3 is 61.8 Å². The molecule has 0 radical (unpaired) electrons. The van der Waals surface area contributed by atoms with Crippen LogP contribution < -0.4 is 51.4 Å². The zero-order valence-corrected chi connectivity index (χ0v) is 11.4. The molecule has 0 aliphatic carbocycles. The Morgan fingerprint density at radius 3 is 0.769 bits per heavy atom. The summed E-state index contributed by atoms with van der Waals surface area (Å²) in [6, 6.07) is 0. The molecule has 13 heteroatoms. The molecular weight excluding hydrogens is 290 g/mol. The van der Waals surface area contributed by atoms with Crippen LogP contribution in [-0.2, 0) is 26.9 Å². The second-order valence-corrected chi connectivity index (χ2v) is 1.34. The summed E-state index contributed by atoms with van der Waals surface area (Å²) in [5, 5.41) is 0. The number of hydrogen-bond donors (Lipinski definition) is 2. The van der Waals surface area contributed by atoms with Crippen molar-refractivity contribution >= 4 is 10.4 Å². The van der Waals surface area contributed by atoms with E-state index in [-0.39, 0.29) is 102 Å². The van der Waals surface area contributed by atoms with E-state index in [1.54, 1.807) is 0 Å². The third-order valence-corrected chi connectivity index (χ3v) is 0. The van der Waals surface area contributed by atoms with Crippen LogP contribution >= 0.6 is 0 Å². The first-order valence-electron chi connectivity index (χ1n) is 0.698. The summed E-state index contributed by atoms with van der Waals surface area (Å²) in [7, 11) is -4.67. The van der Waals surface area contributed by atoms with Gasteiger partial charge in [-0.1, -0.05) is 0 Å². The fourth-order valence-electron chi connectivity index (χ4n) is 0. The third-order valence-electron chi connectivity index (χ3n) is 0. The van der Waals surface area contributed by atoms with Crippen molar-refractivity contribution in [2.75, 3.05) is 0 Å². The topological polar surface area (TPSA) is 264 Å². The first-order valence-corrected chi connectivity index (χ1v) is 2.10. The molecule has 0 aromatic heterocycles. The van der Waals surface area contributed by atoms with Crippen molar-refractivity contribution in [2.24, 2.45) is 0 Å². The van der Waals surface area contributed by atoms with Crippen LogP contribution in [0.25, 0.3) is 0 Å². The minimum Gasteiger partial charge on any atom is -1.00 e. The molecule has 0 aliphatic heterocycles. The summed E-state index contributed by atoms with van der Waals surface area (Å²) < 4.78 is 31.6. The van der Waals surface area contributed by atoms with E-state index in [0.29, 0.717) is 0 Å². The molecule has 0 rings (SSSR count). The Balaban J connectivity index is -0.00000000222. The number of hydrogen-bond acceptors (Lipinski definition) is 2. The normalized spacial score (nSPS) is 4.46. The van der Waals surface area contributed by atoms with E-state index in [9.17, 15) is 0 Å². The molecule has 0 spiro atoms.